The molecule has 3 aliphatic carbocycles. The zero-order valence-electron chi connectivity index (χ0n) is 18.0. The van der Waals surface area contributed by atoms with Gasteiger partial charge in [0.15, 0.2) is 0 Å². The van der Waals surface area contributed by atoms with E-state index >= 15 is 0 Å². The van der Waals surface area contributed by atoms with Crippen molar-refractivity contribution in [3.05, 3.63) is 99.6 Å². The van der Waals surface area contributed by atoms with Crippen LogP contribution in [0.5, 0.6) is 0 Å². The van der Waals surface area contributed by atoms with Crippen LogP contribution in [0.3, 0.4) is 0 Å². The predicted octanol–water partition coefficient (Wildman–Crippen LogP) is 4.18. The molecule has 0 spiro atoms. The smallest absolute Gasteiger partial charge is 0.337 e. The number of nitrogens with zero attached hydrogens (tertiary/aromatic N) is 1. The van der Waals surface area contributed by atoms with Gasteiger partial charge < -0.3 is 5.11 Å². The van der Waals surface area contributed by atoms with Crippen LogP contribution in [0.1, 0.15) is 45.5 Å². The van der Waals surface area contributed by atoms with E-state index in [-0.39, 0.29) is 28.0 Å². The Hall–Kier alpha value is -3.77. The first-order valence-electron chi connectivity index (χ1n) is 10.9. The molecule has 4 aliphatic rings. The topological polar surface area (TPSA) is 91.8 Å². The fourth-order valence-corrected chi connectivity index (χ4v) is 6.64. The summed E-state index contributed by atoms with van der Waals surface area (Å²) in [5.74, 6) is -4.48. The Kier molecular flexibility index (Phi) is 4.20. The van der Waals surface area contributed by atoms with Crippen LogP contribution in [0, 0.1) is 11.8 Å². The van der Waals surface area contributed by atoms with Crippen LogP contribution < -0.4 is 4.90 Å². The van der Waals surface area contributed by atoms with Crippen molar-refractivity contribution in [2.75, 3.05) is 4.90 Å². The molecule has 7 heteroatoms. The summed E-state index contributed by atoms with van der Waals surface area (Å²) in [6.07, 6.45) is 0. The molecule has 2 amide bonds. The molecule has 6 nitrogen and oxygen atoms in total. The van der Waals surface area contributed by atoms with Gasteiger partial charge in [-0.25, -0.2) is 9.69 Å². The molecule has 3 aromatic rings. The number of carboxylic acid groups (broad SMARTS) is 1. The van der Waals surface area contributed by atoms with E-state index in [1.165, 1.54) is 25.1 Å². The van der Waals surface area contributed by atoms with Crippen LogP contribution in [0.15, 0.2) is 66.7 Å². The molecule has 0 saturated carbocycles. The van der Waals surface area contributed by atoms with Gasteiger partial charge in [-0.2, -0.15) is 0 Å². The van der Waals surface area contributed by atoms with Gasteiger partial charge in [0, 0.05) is 5.92 Å². The number of aromatic carboxylic acids is 1. The molecular formula is C27H18ClNO5. The number of ketones is 1. The molecule has 0 aromatic heterocycles. The number of hydrogen-bond donors (Lipinski definition) is 1. The van der Waals surface area contributed by atoms with Gasteiger partial charge in [0.05, 0.1) is 33.5 Å². The highest BCUT2D eigenvalue weighted by molar-refractivity contribution is 6.34. The van der Waals surface area contributed by atoms with Gasteiger partial charge in [-0.1, -0.05) is 60.1 Å². The number of benzene rings is 3. The standard InChI is InChI=1S/C27H18ClNO5/c1-13(30)27-18-8-4-2-6-15(18)21(16-7-3-5-9-19(16)27)22-23(27)25(32)29(24(22)31)14-10-11-20(28)17(12-14)26(33)34/h2-12,21-23H,1H3,(H,33,34)/t21?,22-,23+,27?/m0/s1. The normalized spacial score (nSPS) is 26.2. The fourth-order valence-electron chi connectivity index (χ4n) is 6.44. The predicted molar refractivity (Wildman–Crippen MR) is 124 cm³/mol. The number of carboxylic acids is 1. The fraction of sp³-hybridized carbons (Fsp3) is 0.185. The summed E-state index contributed by atoms with van der Waals surface area (Å²) in [5.41, 5.74) is 1.92. The number of hydrogen-bond acceptors (Lipinski definition) is 4. The second-order valence-corrected chi connectivity index (χ2v) is 9.41. The Morgan fingerprint density at radius 2 is 1.50 bits per heavy atom. The van der Waals surface area contributed by atoms with E-state index in [1.54, 1.807) is 0 Å². The van der Waals surface area contributed by atoms with Crippen molar-refractivity contribution in [1.82, 2.24) is 0 Å². The molecule has 1 fully saturated rings. The van der Waals surface area contributed by atoms with Crippen molar-refractivity contribution in [3.8, 4) is 0 Å². The first-order valence-corrected chi connectivity index (χ1v) is 11.3. The highest BCUT2D eigenvalue weighted by Gasteiger charge is 2.70. The van der Waals surface area contributed by atoms with E-state index in [2.05, 4.69) is 0 Å². The Morgan fingerprint density at radius 1 is 0.912 bits per heavy atom. The Bertz CT molecular complexity index is 1410. The first kappa shape index (κ1) is 20.8. The number of Topliss-reactive ketones (excluding diaryl/α,β-unsaturated/α-hetero) is 1. The van der Waals surface area contributed by atoms with E-state index < -0.39 is 35.0 Å². The third-order valence-electron chi connectivity index (χ3n) is 7.61. The molecule has 34 heavy (non-hydrogen) atoms. The minimum absolute atomic E-state index is 0.00727. The monoisotopic (exact) mass is 471 g/mol. The van der Waals surface area contributed by atoms with Gasteiger partial charge in [-0.3, -0.25) is 14.4 Å². The van der Waals surface area contributed by atoms with Gasteiger partial charge in [0.2, 0.25) is 11.8 Å². The van der Waals surface area contributed by atoms with Crippen LogP contribution in [0.4, 0.5) is 5.69 Å². The van der Waals surface area contributed by atoms with Crippen LogP contribution in [-0.4, -0.2) is 28.7 Å². The average molecular weight is 472 g/mol. The maximum absolute atomic E-state index is 14.0. The number of amides is 2. The summed E-state index contributed by atoms with van der Waals surface area (Å²) in [6.45, 7) is 1.47. The molecule has 1 N–H and O–H groups in total. The summed E-state index contributed by atoms with van der Waals surface area (Å²) < 4.78 is 0. The highest BCUT2D eigenvalue weighted by atomic mass is 35.5. The number of carbonyl (C=O) groups excluding carboxylic acids is 3. The van der Waals surface area contributed by atoms with E-state index in [4.69, 9.17) is 11.6 Å². The van der Waals surface area contributed by atoms with E-state index in [0.29, 0.717) is 0 Å². The SMILES string of the molecule is CC(=O)C12c3ccccc3C(c3ccccc31)[C@@H]1C(=O)N(c3ccc(Cl)c(C(=O)O)c3)C(=O)[C@@H]12. The van der Waals surface area contributed by atoms with Crippen molar-refractivity contribution >= 4 is 40.9 Å². The maximum Gasteiger partial charge on any atom is 0.337 e. The summed E-state index contributed by atoms with van der Waals surface area (Å²) in [6, 6.07) is 19.1. The lowest BCUT2D eigenvalue weighted by Gasteiger charge is -2.52. The molecule has 3 aromatic carbocycles. The van der Waals surface area contributed by atoms with Crippen molar-refractivity contribution in [2.45, 2.75) is 18.3 Å². The number of anilines is 1. The zero-order valence-corrected chi connectivity index (χ0v) is 18.7. The molecule has 1 saturated heterocycles. The zero-order chi connectivity index (χ0) is 23.9. The van der Waals surface area contributed by atoms with Crippen molar-refractivity contribution in [2.24, 2.45) is 11.8 Å². The Morgan fingerprint density at radius 3 is 2.06 bits per heavy atom. The Balaban J connectivity index is 1.63. The summed E-state index contributed by atoms with van der Waals surface area (Å²) in [7, 11) is 0. The second kappa shape index (κ2) is 6.87. The minimum Gasteiger partial charge on any atom is -0.478 e. The third-order valence-corrected chi connectivity index (χ3v) is 7.94. The third kappa shape index (κ3) is 2.31. The van der Waals surface area contributed by atoms with E-state index in [9.17, 15) is 24.3 Å². The lowest BCUT2D eigenvalue weighted by Crippen LogP contribution is -2.57. The van der Waals surface area contributed by atoms with Crippen molar-refractivity contribution in [3.63, 3.8) is 0 Å². The highest BCUT2D eigenvalue weighted by Crippen LogP contribution is 2.64. The van der Waals surface area contributed by atoms with Gasteiger partial charge in [-0.05, 0) is 47.4 Å². The lowest BCUT2D eigenvalue weighted by molar-refractivity contribution is -0.132. The van der Waals surface area contributed by atoms with Crippen LogP contribution in [0.2, 0.25) is 5.02 Å². The number of rotatable bonds is 3. The molecular weight excluding hydrogens is 454 g/mol. The molecule has 1 aliphatic heterocycles. The molecule has 2 atom stereocenters. The minimum atomic E-state index is -1.30. The maximum atomic E-state index is 14.0. The lowest BCUT2D eigenvalue weighted by atomic mass is 9.46. The number of carbonyl (C=O) groups is 4. The molecule has 0 radical (unpaired) electrons. The Labute approximate surface area is 199 Å². The van der Waals surface area contributed by atoms with Gasteiger partial charge in [-0.15, -0.1) is 0 Å². The summed E-state index contributed by atoms with van der Waals surface area (Å²) in [5, 5.41) is 9.51. The second-order valence-electron chi connectivity index (χ2n) is 9.00. The van der Waals surface area contributed by atoms with Gasteiger partial charge >= 0.3 is 5.97 Å². The summed E-state index contributed by atoms with van der Waals surface area (Å²) >= 11 is 6.02. The quantitative estimate of drug-likeness (QED) is 0.579. The van der Waals surface area contributed by atoms with Crippen LogP contribution >= 0.6 is 11.6 Å². The first-order chi connectivity index (χ1) is 16.3. The average Bonchev–Trinajstić information content (AvgIpc) is 3.10. The van der Waals surface area contributed by atoms with Crippen LogP contribution in [0.25, 0.3) is 0 Å². The molecule has 168 valence electrons. The molecule has 2 bridgehead atoms. The largest absolute Gasteiger partial charge is 0.478 e. The van der Waals surface area contributed by atoms with E-state index in [0.717, 1.165) is 27.2 Å². The van der Waals surface area contributed by atoms with Gasteiger partial charge in [0.25, 0.3) is 0 Å². The van der Waals surface area contributed by atoms with E-state index in [1.807, 2.05) is 48.5 Å². The van der Waals surface area contributed by atoms with Crippen molar-refractivity contribution in [1.29, 1.82) is 0 Å². The molecule has 7 rings (SSSR count). The van der Waals surface area contributed by atoms with Crippen molar-refractivity contribution < 1.29 is 24.3 Å². The summed E-state index contributed by atoms with van der Waals surface area (Å²) in [4.78, 5) is 54.1. The molecule has 1 heterocycles. The van der Waals surface area contributed by atoms with Crippen LogP contribution in [-0.2, 0) is 19.8 Å². The number of imide groups is 1. The number of halogens is 1. The molecule has 0 unspecified atom stereocenters. The van der Waals surface area contributed by atoms with Gasteiger partial charge in [0.1, 0.15) is 5.78 Å².